The fourth-order valence-corrected chi connectivity index (χ4v) is 3.58. The molecule has 2 aromatic rings. The number of rotatable bonds is 4. The molecule has 0 bridgehead atoms. The molecule has 0 aliphatic carbocycles. The number of aromatic nitrogens is 2. The SMILES string of the molecule is C=CC(=O)N1CCN(c2cc(C(=O)N3CCOc4ccccc43)nc(OC)n2)CC1. The normalized spacial score (nSPS) is 15.8. The van der Waals surface area contributed by atoms with Gasteiger partial charge < -0.3 is 24.2 Å². The lowest BCUT2D eigenvalue weighted by atomic mass is 10.2. The van der Waals surface area contributed by atoms with E-state index in [2.05, 4.69) is 16.5 Å². The van der Waals surface area contributed by atoms with E-state index in [1.807, 2.05) is 29.2 Å². The lowest BCUT2D eigenvalue weighted by molar-refractivity contribution is -0.126. The van der Waals surface area contributed by atoms with Gasteiger partial charge in [0.1, 0.15) is 23.9 Å². The van der Waals surface area contributed by atoms with Crippen molar-refractivity contribution in [2.75, 3.05) is 56.2 Å². The van der Waals surface area contributed by atoms with Gasteiger partial charge in [0.25, 0.3) is 5.91 Å². The van der Waals surface area contributed by atoms with Gasteiger partial charge in [-0.05, 0) is 18.2 Å². The van der Waals surface area contributed by atoms with Gasteiger partial charge in [-0.1, -0.05) is 18.7 Å². The quantitative estimate of drug-likeness (QED) is 0.705. The molecule has 30 heavy (non-hydrogen) atoms. The number of hydrogen-bond acceptors (Lipinski definition) is 7. The molecule has 156 valence electrons. The predicted octanol–water partition coefficient (Wildman–Crippen LogP) is 1.36. The van der Waals surface area contributed by atoms with Gasteiger partial charge in [-0.2, -0.15) is 9.97 Å². The van der Waals surface area contributed by atoms with E-state index < -0.39 is 0 Å². The molecule has 2 aliphatic heterocycles. The van der Waals surface area contributed by atoms with Gasteiger partial charge in [-0.25, -0.2) is 0 Å². The number of carbonyl (C=O) groups is 2. The molecule has 0 unspecified atom stereocenters. The van der Waals surface area contributed by atoms with Crippen molar-refractivity contribution in [3.63, 3.8) is 0 Å². The Kier molecular flexibility index (Phi) is 5.51. The molecule has 1 aromatic heterocycles. The summed E-state index contributed by atoms with van der Waals surface area (Å²) in [6, 6.07) is 9.22. The average molecular weight is 409 g/mol. The van der Waals surface area contributed by atoms with E-state index in [0.29, 0.717) is 56.6 Å². The van der Waals surface area contributed by atoms with E-state index in [-0.39, 0.29) is 23.5 Å². The number of anilines is 2. The summed E-state index contributed by atoms with van der Waals surface area (Å²) in [7, 11) is 1.47. The van der Waals surface area contributed by atoms with Gasteiger partial charge in [-0.15, -0.1) is 0 Å². The number of para-hydroxylation sites is 2. The lowest BCUT2D eigenvalue weighted by Gasteiger charge is -2.35. The van der Waals surface area contributed by atoms with Crippen LogP contribution in [0.4, 0.5) is 11.5 Å². The Bertz CT molecular complexity index is 972. The summed E-state index contributed by atoms with van der Waals surface area (Å²) in [5, 5.41) is 0. The maximum Gasteiger partial charge on any atom is 0.318 e. The van der Waals surface area contributed by atoms with Crippen LogP contribution in [-0.4, -0.2) is 73.1 Å². The highest BCUT2D eigenvalue weighted by Crippen LogP contribution is 2.32. The lowest BCUT2D eigenvalue weighted by Crippen LogP contribution is -2.48. The highest BCUT2D eigenvalue weighted by Gasteiger charge is 2.28. The Morgan fingerprint density at radius 1 is 1.13 bits per heavy atom. The minimum absolute atomic E-state index is 0.0863. The Morgan fingerprint density at radius 3 is 2.63 bits per heavy atom. The maximum atomic E-state index is 13.3. The van der Waals surface area contributed by atoms with Gasteiger partial charge >= 0.3 is 6.01 Å². The van der Waals surface area contributed by atoms with Crippen LogP contribution >= 0.6 is 0 Å². The second kappa shape index (κ2) is 8.40. The third-order valence-electron chi connectivity index (χ3n) is 5.16. The monoisotopic (exact) mass is 409 g/mol. The van der Waals surface area contributed by atoms with Crippen molar-refractivity contribution in [2.45, 2.75) is 0 Å². The number of nitrogens with zero attached hydrogens (tertiary/aromatic N) is 5. The number of methoxy groups -OCH3 is 1. The van der Waals surface area contributed by atoms with Crippen molar-refractivity contribution in [1.29, 1.82) is 0 Å². The van der Waals surface area contributed by atoms with E-state index >= 15 is 0 Å². The second-order valence-corrected chi connectivity index (χ2v) is 6.89. The number of piperazine rings is 1. The van der Waals surface area contributed by atoms with Crippen LogP contribution in [0.5, 0.6) is 11.8 Å². The van der Waals surface area contributed by atoms with Gasteiger partial charge in [-0.3, -0.25) is 9.59 Å². The summed E-state index contributed by atoms with van der Waals surface area (Å²) < 4.78 is 10.9. The molecule has 2 aliphatic rings. The second-order valence-electron chi connectivity index (χ2n) is 6.89. The third kappa shape index (κ3) is 3.78. The molecule has 0 atom stereocenters. The highest BCUT2D eigenvalue weighted by molar-refractivity contribution is 6.06. The van der Waals surface area contributed by atoms with Crippen molar-refractivity contribution in [3.8, 4) is 11.8 Å². The van der Waals surface area contributed by atoms with Gasteiger partial charge in [0.2, 0.25) is 5.91 Å². The van der Waals surface area contributed by atoms with Crippen LogP contribution in [0.25, 0.3) is 0 Å². The zero-order valence-corrected chi connectivity index (χ0v) is 16.8. The topological polar surface area (TPSA) is 88.1 Å². The van der Waals surface area contributed by atoms with Crippen LogP contribution in [-0.2, 0) is 4.79 Å². The first-order chi connectivity index (χ1) is 14.6. The summed E-state index contributed by atoms with van der Waals surface area (Å²) in [6.07, 6.45) is 1.32. The van der Waals surface area contributed by atoms with Crippen LogP contribution in [0.15, 0.2) is 43.0 Å². The molecular formula is C21H23N5O4. The van der Waals surface area contributed by atoms with Crippen molar-refractivity contribution < 1.29 is 19.1 Å². The fourth-order valence-electron chi connectivity index (χ4n) is 3.58. The maximum absolute atomic E-state index is 13.3. The molecule has 4 rings (SSSR count). The Balaban J connectivity index is 1.59. The van der Waals surface area contributed by atoms with Crippen LogP contribution in [0, 0.1) is 0 Å². The standard InChI is InChI=1S/C21H23N5O4/c1-3-19(27)25-10-8-24(9-11-25)18-14-15(22-21(23-18)29-2)20(28)26-12-13-30-17-7-5-4-6-16(17)26/h3-7,14H,1,8-13H2,2H3. The number of fused-ring (bicyclic) bond motifs is 1. The molecule has 1 aromatic carbocycles. The third-order valence-corrected chi connectivity index (χ3v) is 5.16. The van der Waals surface area contributed by atoms with Crippen LogP contribution in [0.1, 0.15) is 10.5 Å². The molecule has 9 nitrogen and oxygen atoms in total. The summed E-state index contributed by atoms with van der Waals surface area (Å²) in [5.41, 5.74) is 0.961. The van der Waals surface area contributed by atoms with Crippen molar-refractivity contribution in [3.05, 3.63) is 48.7 Å². The minimum Gasteiger partial charge on any atom is -0.490 e. The number of carbonyl (C=O) groups excluding carboxylic acids is 2. The predicted molar refractivity (Wildman–Crippen MR) is 111 cm³/mol. The minimum atomic E-state index is -0.242. The summed E-state index contributed by atoms with van der Waals surface area (Å²) >= 11 is 0. The van der Waals surface area contributed by atoms with Crippen molar-refractivity contribution in [1.82, 2.24) is 14.9 Å². The average Bonchev–Trinajstić information content (AvgIpc) is 2.82. The summed E-state index contributed by atoms with van der Waals surface area (Å²) in [6.45, 7) is 6.67. The first-order valence-electron chi connectivity index (χ1n) is 9.74. The molecule has 0 radical (unpaired) electrons. The molecule has 2 amide bonds. The smallest absolute Gasteiger partial charge is 0.318 e. The molecule has 3 heterocycles. The molecule has 0 saturated carbocycles. The molecule has 0 N–H and O–H groups in total. The van der Waals surface area contributed by atoms with Crippen LogP contribution in [0.3, 0.4) is 0 Å². The van der Waals surface area contributed by atoms with E-state index in [0.717, 1.165) is 0 Å². The molecule has 1 saturated heterocycles. The van der Waals surface area contributed by atoms with Crippen LogP contribution < -0.4 is 19.3 Å². The Hall–Kier alpha value is -3.62. The summed E-state index contributed by atoms with van der Waals surface area (Å²) in [5.74, 6) is 0.934. The molecule has 9 heteroatoms. The molecular weight excluding hydrogens is 386 g/mol. The zero-order valence-electron chi connectivity index (χ0n) is 16.8. The number of amides is 2. The zero-order chi connectivity index (χ0) is 21.1. The largest absolute Gasteiger partial charge is 0.490 e. The highest BCUT2D eigenvalue weighted by atomic mass is 16.5. The number of benzene rings is 1. The Morgan fingerprint density at radius 2 is 1.90 bits per heavy atom. The van der Waals surface area contributed by atoms with E-state index in [4.69, 9.17) is 9.47 Å². The van der Waals surface area contributed by atoms with Crippen molar-refractivity contribution >= 4 is 23.3 Å². The molecule has 0 spiro atoms. The number of hydrogen-bond donors (Lipinski definition) is 0. The fraction of sp³-hybridized carbons (Fsp3) is 0.333. The summed E-state index contributed by atoms with van der Waals surface area (Å²) in [4.78, 5) is 39.2. The van der Waals surface area contributed by atoms with Gasteiger partial charge in [0, 0.05) is 32.2 Å². The van der Waals surface area contributed by atoms with E-state index in [1.165, 1.54) is 13.2 Å². The van der Waals surface area contributed by atoms with Gasteiger partial charge in [0.15, 0.2) is 0 Å². The van der Waals surface area contributed by atoms with E-state index in [9.17, 15) is 9.59 Å². The van der Waals surface area contributed by atoms with Gasteiger partial charge in [0.05, 0.1) is 19.3 Å². The first-order valence-corrected chi connectivity index (χ1v) is 9.74. The first kappa shape index (κ1) is 19.7. The Labute approximate surface area is 174 Å². The van der Waals surface area contributed by atoms with Crippen molar-refractivity contribution in [2.24, 2.45) is 0 Å². The van der Waals surface area contributed by atoms with Crippen LogP contribution in [0.2, 0.25) is 0 Å². The number of ether oxygens (including phenoxy) is 2. The molecule has 1 fully saturated rings. The van der Waals surface area contributed by atoms with E-state index in [1.54, 1.807) is 15.9 Å².